The molecule has 1 saturated carbocycles. The molecule has 0 aliphatic heterocycles. The third kappa shape index (κ3) is 42.0. The van der Waals surface area contributed by atoms with E-state index in [0.717, 1.165) is 38.5 Å². The smallest absolute Gasteiger partial charge is 0.457 e. The number of hydrogen-bond donors (Lipinski definition) is 6. The Morgan fingerprint density at radius 3 is 0.945 bits per heavy atom. The van der Waals surface area contributed by atoms with Crippen LogP contribution in [0.5, 0.6) is 0 Å². The minimum atomic E-state index is -5.02. The minimum absolute atomic E-state index is 0.0669. The van der Waals surface area contributed by atoms with Gasteiger partial charge in [0.15, 0.2) is 0 Å². The summed E-state index contributed by atoms with van der Waals surface area (Å²) in [6.45, 7) is 4.35. The van der Waals surface area contributed by atoms with Gasteiger partial charge in [0.1, 0.15) is 42.7 Å². The predicted octanol–water partition coefficient (Wildman–Crippen LogP) is 15.6. The fraction of sp³-hybridized carbons (Fsp3) is 0.983. The van der Waals surface area contributed by atoms with Crippen LogP contribution in [0, 0.1) is 0 Å². The van der Waals surface area contributed by atoms with Crippen LogP contribution in [0.4, 0.5) is 0 Å². The highest BCUT2D eigenvalue weighted by atomic mass is 31.2. The lowest BCUT2D eigenvalue weighted by Gasteiger charge is -2.41. The van der Waals surface area contributed by atoms with Gasteiger partial charge in [0.2, 0.25) is 0 Å². The molecule has 1 aliphatic rings. The molecule has 0 heterocycles. The van der Waals surface area contributed by atoms with E-state index in [0.29, 0.717) is 13.0 Å². The summed E-state index contributed by atoms with van der Waals surface area (Å²) in [6.07, 6.45) is 47.6. The van der Waals surface area contributed by atoms with Crippen LogP contribution >= 0.6 is 7.82 Å². The number of carbonyl (C=O) groups excluding carboxylic acids is 1. The van der Waals surface area contributed by atoms with E-state index < -0.39 is 63.1 Å². The average molecular weight is 1060 g/mol. The second-order valence-corrected chi connectivity index (χ2v) is 23.7. The quantitative estimate of drug-likeness (QED) is 0.0192. The van der Waals surface area contributed by atoms with Crippen LogP contribution in [0.15, 0.2) is 0 Å². The first-order valence-electron chi connectivity index (χ1n) is 31.4. The van der Waals surface area contributed by atoms with Gasteiger partial charge in [-0.05, 0) is 12.8 Å². The SMILES string of the molecule is CCCCCCCCCCCCCCCCCCCCCCCCCCCCCCC(=O)O[C@H](COCCCCCCCCCCCCCCCCCCCC)COP(=O)(O)OC1C(O)C(O)C(O)[C@@H](O)C1O. The summed E-state index contributed by atoms with van der Waals surface area (Å²) in [5, 5.41) is 50.5. The second-order valence-electron chi connectivity index (χ2n) is 22.3. The number of unbranched alkanes of at least 4 members (excludes halogenated alkanes) is 44. The van der Waals surface area contributed by atoms with Crippen molar-refractivity contribution in [2.75, 3.05) is 19.8 Å². The third-order valence-corrected chi connectivity index (χ3v) is 16.2. The van der Waals surface area contributed by atoms with Gasteiger partial charge in [-0.1, -0.05) is 296 Å². The van der Waals surface area contributed by atoms with Gasteiger partial charge in [0.25, 0.3) is 0 Å². The van der Waals surface area contributed by atoms with Crippen LogP contribution in [0.3, 0.4) is 0 Å². The summed E-state index contributed by atoms with van der Waals surface area (Å²) in [5.41, 5.74) is 0. The maximum absolute atomic E-state index is 12.9. The van der Waals surface area contributed by atoms with Gasteiger partial charge in [0.05, 0.1) is 13.2 Å². The predicted molar refractivity (Wildman–Crippen MR) is 300 cm³/mol. The third-order valence-electron chi connectivity index (χ3n) is 15.2. The number of aliphatic hydroxyl groups is 5. The summed E-state index contributed by atoms with van der Waals surface area (Å²) < 4.78 is 34.5. The molecule has 0 bridgehead atoms. The number of aliphatic hydroxyl groups excluding tert-OH is 5. The van der Waals surface area contributed by atoms with E-state index in [2.05, 4.69) is 13.8 Å². The normalized spacial score (nSPS) is 20.4. The standard InChI is InChI=1S/C60H119O12P/c1-3-5-7-9-11-13-15-17-19-21-23-24-25-26-27-28-29-30-31-32-33-35-37-39-41-43-45-47-49-54(61)71-53(52-70-73(67,68)72-60-58(65)56(63)55(62)57(64)59(60)66)51-69-50-48-46-44-42-40-38-36-34-22-20-18-16-14-12-10-8-6-4-2/h53,55-60,62-66H,3-52H2,1-2H3,(H,67,68)/t53-,55?,56-,57?,58?,59?,60?/m1/s1. The van der Waals surface area contributed by atoms with Gasteiger partial charge in [-0.15, -0.1) is 0 Å². The molecule has 0 aromatic heterocycles. The number of carbonyl (C=O) groups is 1. The Labute approximate surface area is 448 Å². The molecule has 73 heavy (non-hydrogen) atoms. The summed E-state index contributed by atoms with van der Waals surface area (Å²) in [5.74, 6) is -0.466. The Balaban J connectivity index is 2.19. The van der Waals surface area contributed by atoms with Crippen LogP contribution < -0.4 is 0 Å². The van der Waals surface area contributed by atoms with Crippen molar-refractivity contribution in [3.8, 4) is 0 Å². The molecule has 13 heteroatoms. The molecule has 8 atom stereocenters. The van der Waals surface area contributed by atoms with Crippen molar-refractivity contribution >= 4 is 13.8 Å². The van der Waals surface area contributed by atoms with Gasteiger partial charge < -0.3 is 39.9 Å². The molecule has 0 amide bonds. The Bertz CT molecular complexity index is 1210. The number of phosphoric ester groups is 1. The number of rotatable bonds is 56. The van der Waals surface area contributed by atoms with Gasteiger partial charge in [-0.2, -0.15) is 0 Å². The van der Waals surface area contributed by atoms with Crippen LogP contribution in [-0.4, -0.2) is 98.9 Å². The van der Waals surface area contributed by atoms with Crippen molar-refractivity contribution in [1.82, 2.24) is 0 Å². The molecule has 0 spiro atoms. The highest BCUT2D eigenvalue weighted by Gasteiger charge is 2.51. The monoisotopic (exact) mass is 1060 g/mol. The van der Waals surface area contributed by atoms with Gasteiger partial charge in [-0.3, -0.25) is 13.8 Å². The maximum atomic E-state index is 12.9. The fourth-order valence-electron chi connectivity index (χ4n) is 10.3. The Kier molecular flexibility index (Phi) is 49.0. The lowest BCUT2D eigenvalue weighted by Crippen LogP contribution is -2.64. The lowest BCUT2D eigenvalue weighted by molar-refractivity contribution is -0.220. The number of hydrogen-bond acceptors (Lipinski definition) is 11. The largest absolute Gasteiger partial charge is 0.472 e. The first-order chi connectivity index (χ1) is 35.5. The van der Waals surface area contributed by atoms with Crippen LogP contribution in [-0.2, 0) is 27.9 Å². The minimum Gasteiger partial charge on any atom is -0.457 e. The van der Waals surface area contributed by atoms with Crippen molar-refractivity contribution in [2.45, 2.75) is 358 Å². The molecule has 0 aromatic carbocycles. The highest BCUT2D eigenvalue weighted by molar-refractivity contribution is 7.47. The number of phosphoric acid groups is 1. The molecule has 0 saturated heterocycles. The molecule has 436 valence electrons. The van der Waals surface area contributed by atoms with E-state index >= 15 is 0 Å². The zero-order valence-corrected chi connectivity index (χ0v) is 48.4. The maximum Gasteiger partial charge on any atom is 0.472 e. The summed E-state index contributed by atoms with van der Waals surface area (Å²) in [4.78, 5) is 23.4. The van der Waals surface area contributed by atoms with E-state index in [9.17, 15) is 39.8 Å². The Hall–Kier alpha value is -0.660. The van der Waals surface area contributed by atoms with Crippen molar-refractivity contribution in [3.63, 3.8) is 0 Å². The summed E-state index contributed by atoms with van der Waals surface area (Å²) in [6, 6.07) is 0. The highest BCUT2D eigenvalue weighted by Crippen LogP contribution is 2.47. The van der Waals surface area contributed by atoms with Gasteiger partial charge in [0, 0.05) is 13.0 Å². The van der Waals surface area contributed by atoms with Crippen molar-refractivity contribution in [1.29, 1.82) is 0 Å². The molecule has 12 nitrogen and oxygen atoms in total. The first kappa shape index (κ1) is 70.4. The van der Waals surface area contributed by atoms with E-state index in [1.165, 1.54) is 250 Å². The molecular formula is C60H119O12P. The Morgan fingerprint density at radius 1 is 0.384 bits per heavy atom. The molecule has 1 rings (SSSR count). The van der Waals surface area contributed by atoms with E-state index in [1.54, 1.807) is 0 Å². The zero-order valence-electron chi connectivity index (χ0n) is 47.5. The first-order valence-corrected chi connectivity index (χ1v) is 32.9. The topological polar surface area (TPSA) is 192 Å². The van der Waals surface area contributed by atoms with Crippen LogP contribution in [0.25, 0.3) is 0 Å². The van der Waals surface area contributed by atoms with Crippen molar-refractivity contribution in [3.05, 3.63) is 0 Å². The molecule has 6 unspecified atom stereocenters. The summed E-state index contributed by atoms with van der Waals surface area (Å²) in [7, 11) is -5.02. The lowest BCUT2D eigenvalue weighted by atomic mass is 9.85. The summed E-state index contributed by atoms with van der Waals surface area (Å²) >= 11 is 0. The molecule has 1 aliphatic carbocycles. The van der Waals surface area contributed by atoms with Gasteiger partial charge in [-0.25, -0.2) is 4.57 Å². The van der Waals surface area contributed by atoms with Crippen LogP contribution in [0.2, 0.25) is 0 Å². The van der Waals surface area contributed by atoms with Crippen molar-refractivity contribution < 1.29 is 58.3 Å². The van der Waals surface area contributed by atoms with Crippen molar-refractivity contribution in [2.24, 2.45) is 0 Å². The molecular weight excluding hydrogens is 944 g/mol. The van der Waals surface area contributed by atoms with Gasteiger partial charge >= 0.3 is 13.8 Å². The fourth-order valence-corrected chi connectivity index (χ4v) is 11.3. The number of ether oxygens (including phenoxy) is 2. The van der Waals surface area contributed by atoms with E-state index in [4.69, 9.17) is 18.5 Å². The van der Waals surface area contributed by atoms with Crippen LogP contribution in [0.1, 0.15) is 316 Å². The van der Waals surface area contributed by atoms with E-state index in [1.807, 2.05) is 0 Å². The zero-order chi connectivity index (χ0) is 53.3. The molecule has 1 fully saturated rings. The molecule has 0 radical (unpaired) electrons. The second kappa shape index (κ2) is 50.8. The number of esters is 1. The van der Waals surface area contributed by atoms with E-state index in [-0.39, 0.29) is 13.0 Å². The molecule has 0 aromatic rings. The Morgan fingerprint density at radius 2 is 0.644 bits per heavy atom. The average Bonchev–Trinajstić information content (AvgIpc) is 3.38. The molecule has 6 N–H and O–H groups in total.